The summed E-state index contributed by atoms with van der Waals surface area (Å²) in [6.07, 6.45) is -17.6. The van der Waals surface area contributed by atoms with E-state index in [4.69, 9.17) is 33.2 Å². The van der Waals surface area contributed by atoms with Crippen molar-refractivity contribution >= 4 is 23.9 Å². The van der Waals surface area contributed by atoms with Crippen molar-refractivity contribution in [3.8, 4) is 0 Å². The van der Waals surface area contributed by atoms with Gasteiger partial charge in [0.15, 0.2) is 30.9 Å². The number of hydrogen-bond acceptors (Lipinski definition) is 15. The largest absolute Gasteiger partial charge is 0.459 e. The van der Waals surface area contributed by atoms with Crippen LogP contribution in [-0.4, -0.2) is 119 Å². The number of carbonyl (C=O) groups is 4. The molecule has 0 bridgehead atoms. The van der Waals surface area contributed by atoms with E-state index in [1.165, 1.54) is 48.5 Å². The zero-order valence-corrected chi connectivity index (χ0v) is 29.0. The Labute approximate surface area is 314 Å². The molecule has 0 unspecified atom stereocenters. The highest BCUT2D eigenvalue weighted by Gasteiger charge is 2.55. The van der Waals surface area contributed by atoms with Crippen LogP contribution >= 0.6 is 0 Å². The van der Waals surface area contributed by atoms with Crippen LogP contribution in [0.5, 0.6) is 0 Å². The Morgan fingerprint density at radius 2 is 0.909 bits per heavy atom. The van der Waals surface area contributed by atoms with Crippen LogP contribution in [0.25, 0.3) is 0 Å². The van der Waals surface area contributed by atoms with Gasteiger partial charge in [0.25, 0.3) is 0 Å². The summed E-state index contributed by atoms with van der Waals surface area (Å²) in [5.74, 6) is -3.63. The molecule has 15 nitrogen and oxygen atoms in total. The van der Waals surface area contributed by atoms with Gasteiger partial charge in [-0.25, -0.2) is 19.2 Å². The van der Waals surface area contributed by atoms with E-state index < -0.39 is 98.5 Å². The number of ether oxygens (including phenoxy) is 7. The molecule has 2 aliphatic heterocycles. The molecular formula is C40H38O15. The fraction of sp³-hybridized carbons (Fsp3) is 0.300. The molecule has 0 radical (unpaired) electrons. The number of esters is 4. The number of carbonyl (C=O) groups excluding carboxylic acids is 4. The smallest absolute Gasteiger partial charge is 0.338 e. The minimum atomic E-state index is -2.00. The minimum absolute atomic E-state index is 0.0601. The second kappa shape index (κ2) is 18.2. The monoisotopic (exact) mass is 758 g/mol. The van der Waals surface area contributed by atoms with Crippen LogP contribution in [0.15, 0.2) is 121 Å². The highest BCUT2D eigenvalue weighted by Crippen LogP contribution is 2.34. The molecule has 0 aromatic heterocycles. The zero-order chi connectivity index (χ0) is 38.9. The minimum Gasteiger partial charge on any atom is -0.459 e. The van der Waals surface area contributed by atoms with E-state index >= 15 is 0 Å². The first-order chi connectivity index (χ1) is 26.6. The van der Waals surface area contributed by atoms with E-state index in [1.807, 2.05) is 0 Å². The number of hydrogen-bond donors (Lipinski definition) is 4. The molecule has 0 amide bonds. The molecule has 4 aromatic rings. The van der Waals surface area contributed by atoms with Gasteiger partial charge in [0.2, 0.25) is 0 Å². The van der Waals surface area contributed by atoms with Crippen LogP contribution in [0, 0.1) is 0 Å². The molecule has 2 saturated heterocycles. The quantitative estimate of drug-likeness (QED) is 0.120. The van der Waals surface area contributed by atoms with Gasteiger partial charge in [-0.05, 0) is 48.5 Å². The topological polar surface area (TPSA) is 214 Å². The van der Waals surface area contributed by atoms with Gasteiger partial charge >= 0.3 is 23.9 Å². The summed E-state index contributed by atoms with van der Waals surface area (Å²) in [7, 11) is 0. The zero-order valence-electron chi connectivity index (χ0n) is 29.0. The van der Waals surface area contributed by atoms with Crippen molar-refractivity contribution in [3.05, 3.63) is 144 Å². The molecule has 2 fully saturated rings. The summed E-state index contributed by atoms with van der Waals surface area (Å²) in [6, 6.07) is 31.1. The Hall–Kier alpha value is -5.52. The van der Waals surface area contributed by atoms with Gasteiger partial charge in [-0.2, -0.15) is 0 Å². The average molecular weight is 759 g/mol. The van der Waals surface area contributed by atoms with Gasteiger partial charge in [-0.1, -0.05) is 72.8 Å². The van der Waals surface area contributed by atoms with Crippen molar-refractivity contribution < 1.29 is 72.8 Å². The summed E-state index contributed by atoms with van der Waals surface area (Å²) < 4.78 is 40.7. The normalized spacial score (nSPS) is 27.6. The maximum Gasteiger partial charge on any atom is 0.338 e. The second-order valence-electron chi connectivity index (χ2n) is 12.5. The molecule has 2 heterocycles. The lowest BCUT2D eigenvalue weighted by Gasteiger charge is -2.47. The van der Waals surface area contributed by atoms with Crippen LogP contribution in [0.2, 0.25) is 0 Å². The maximum atomic E-state index is 13.6. The standard InChI is InChI=1S/C40H38O15/c41-21-27-29(42)30(43)32(52-36(45)24-15-7-2-8-16-24)40(51-27)55-31-28(22-49-35(44)23-13-5-1-6-14-23)50-39(48)34(54-38(47)26-19-11-4-12-20-26)33(31)53-37(46)25-17-9-3-10-18-25/h1-20,27-34,39-43,48H,21-22H2/t27-,28-,29+,30+,31-,32-,33+,34-,39-,40+/m1/s1. The van der Waals surface area contributed by atoms with Gasteiger partial charge in [0.1, 0.15) is 37.1 Å². The lowest BCUT2D eigenvalue weighted by molar-refractivity contribution is -0.353. The third-order valence-corrected chi connectivity index (χ3v) is 8.87. The molecule has 55 heavy (non-hydrogen) atoms. The first-order valence-electron chi connectivity index (χ1n) is 17.3. The maximum absolute atomic E-state index is 13.6. The van der Waals surface area contributed by atoms with Gasteiger partial charge < -0.3 is 53.6 Å². The molecule has 2 aliphatic rings. The van der Waals surface area contributed by atoms with E-state index in [0.29, 0.717) is 0 Å². The molecule has 15 heteroatoms. The van der Waals surface area contributed by atoms with Crippen LogP contribution < -0.4 is 0 Å². The van der Waals surface area contributed by atoms with Crippen LogP contribution in [-0.2, 0) is 33.2 Å². The Balaban J connectivity index is 1.38. The molecule has 10 atom stereocenters. The fourth-order valence-corrected chi connectivity index (χ4v) is 6.01. The third-order valence-electron chi connectivity index (χ3n) is 8.87. The molecule has 0 saturated carbocycles. The van der Waals surface area contributed by atoms with Gasteiger partial charge in [0, 0.05) is 0 Å². The third kappa shape index (κ3) is 9.41. The summed E-state index contributed by atoms with van der Waals surface area (Å²) in [6.45, 7) is -1.47. The molecule has 0 aliphatic carbocycles. The lowest BCUT2D eigenvalue weighted by atomic mass is 9.96. The Morgan fingerprint density at radius 1 is 0.491 bits per heavy atom. The molecule has 6 rings (SSSR count). The van der Waals surface area contributed by atoms with E-state index in [9.17, 15) is 39.6 Å². The summed E-state index contributed by atoms with van der Waals surface area (Å²) in [5, 5.41) is 43.4. The van der Waals surface area contributed by atoms with Crippen LogP contribution in [0.3, 0.4) is 0 Å². The van der Waals surface area contributed by atoms with Crippen molar-refractivity contribution in [2.24, 2.45) is 0 Å². The Kier molecular flexibility index (Phi) is 13.0. The van der Waals surface area contributed by atoms with Crippen molar-refractivity contribution in [2.75, 3.05) is 13.2 Å². The first-order valence-corrected chi connectivity index (χ1v) is 17.3. The molecule has 4 N–H and O–H groups in total. The van der Waals surface area contributed by atoms with Crippen molar-refractivity contribution in [1.29, 1.82) is 0 Å². The fourth-order valence-electron chi connectivity index (χ4n) is 6.01. The Morgan fingerprint density at radius 3 is 1.36 bits per heavy atom. The van der Waals surface area contributed by atoms with Gasteiger partial charge in [-0.3, -0.25) is 0 Å². The predicted octanol–water partition coefficient (Wildman–Crippen LogP) is 2.06. The SMILES string of the molecule is O=C(OC[C@H]1O[C@@H](O)[C@H](OC(=O)c2ccccc2)[C@@H](OC(=O)c2ccccc2)[C@@H]1O[C@@H]1O[C@H](CO)[C@H](O)[C@H](O)[C@H]1OC(=O)c1ccccc1)c1ccccc1. The summed E-state index contributed by atoms with van der Waals surface area (Å²) in [4.78, 5) is 53.3. The van der Waals surface area contributed by atoms with Crippen molar-refractivity contribution in [3.63, 3.8) is 0 Å². The second-order valence-corrected chi connectivity index (χ2v) is 12.5. The summed E-state index contributed by atoms with van der Waals surface area (Å²) >= 11 is 0. The number of aliphatic hydroxyl groups excluding tert-OH is 4. The average Bonchev–Trinajstić information content (AvgIpc) is 3.22. The number of benzene rings is 4. The number of rotatable bonds is 12. The van der Waals surface area contributed by atoms with Crippen molar-refractivity contribution in [1.82, 2.24) is 0 Å². The van der Waals surface area contributed by atoms with Crippen LogP contribution in [0.4, 0.5) is 0 Å². The first kappa shape index (κ1) is 39.2. The Bertz CT molecular complexity index is 1880. The molecule has 288 valence electrons. The van der Waals surface area contributed by atoms with Gasteiger partial charge in [0.05, 0.1) is 28.9 Å². The molecule has 4 aromatic carbocycles. The molecular weight excluding hydrogens is 720 g/mol. The molecule has 0 spiro atoms. The predicted molar refractivity (Wildman–Crippen MR) is 187 cm³/mol. The highest BCUT2D eigenvalue weighted by atomic mass is 16.7. The number of aliphatic hydroxyl groups is 4. The van der Waals surface area contributed by atoms with Crippen molar-refractivity contribution in [2.45, 2.75) is 61.4 Å². The van der Waals surface area contributed by atoms with Crippen LogP contribution in [0.1, 0.15) is 41.4 Å². The van der Waals surface area contributed by atoms with E-state index in [0.717, 1.165) is 0 Å². The highest BCUT2D eigenvalue weighted by molar-refractivity contribution is 5.91. The van der Waals surface area contributed by atoms with E-state index in [-0.39, 0.29) is 22.3 Å². The lowest BCUT2D eigenvalue weighted by Crippen LogP contribution is -2.66. The van der Waals surface area contributed by atoms with Gasteiger partial charge in [-0.15, -0.1) is 0 Å². The van der Waals surface area contributed by atoms with E-state index in [1.54, 1.807) is 72.8 Å². The van der Waals surface area contributed by atoms with E-state index in [2.05, 4.69) is 0 Å². The summed E-state index contributed by atoms with van der Waals surface area (Å²) in [5.41, 5.74) is 0.379.